The van der Waals surface area contributed by atoms with Crippen LogP contribution in [-0.2, 0) is 0 Å². The Kier molecular flexibility index (Phi) is 5.63. The van der Waals surface area contributed by atoms with Gasteiger partial charge in [-0.25, -0.2) is 0 Å². The highest BCUT2D eigenvalue weighted by Gasteiger charge is 2.22. The molecule has 1 aliphatic carbocycles. The van der Waals surface area contributed by atoms with Gasteiger partial charge >= 0.3 is 0 Å². The first-order valence-electron chi connectivity index (χ1n) is 7.30. The zero-order chi connectivity index (χ0) is 14.4. The van der Waals surface area contributed by atoms with E-state index in [2.05, 4.69) is 24.1 Å². The minimum atomic E-state index is 0.0221. The molecule has 0 aromatic carbocycles. The number of nitrogens with one attached hydrogen (secondary N) is 1. The minimum Gasteiger partial charge on any atom is -0.349 e. The molecule has 4 heteroatoms. The smallest absolute Gasteiger partial charge is 0.261 e. The van der Waals surface area contributed by atoms with E-state index in [0.29, 0.717) is 12.5 Å². The van der Waals surface area contributed by atoms with Gasteiger partial charge in [-0.15, -0.1) is 11.3 Å². The van der Waals surface area contributed by atoms with Crippen LogP contribution < -0.4 is 11.1 Å². The molecular formula is C16H22N2OS. The lowest BCUT2D eigenvalue weighted by Crippen LogP contribution is -2.38. The Morgan fingerprint density at radius 2 is 2.20 bits per heavy atom. The van der Waals surface area contributed by atoms with Gasteiger partial charge in [0.15, 0.2) is 0 Å². The molecule has 0 aliphatic heterocycles. The second-order valence-electron chi connectivity index (χ2n) is 5.33. The fraction of sp³-hybridized carbons (Fsp3) is 0.562. The summed E-state index contributed by atoms with van der Waals surface area (Å²) < 4.78 is 0. The summed E-state index contributed by atoms with van der Waals surface area (Å²) in [6, 6.07) is 3.98. The molecule has 20 heavy (non-hydrogen) atoms. The van der Waals surface area contributed by atoms with Gasteiger partial charge in [-0.1, -0.05) is 31.1 Å². The van der Waals surface area contributed by atoms with Gasteiger partial charge in [-0.2, -0.15) is 0 Å². The first kappa shape index (κ1) is 15.1. The van der Waals surface area contributed by atoms with Crippen molar-refractivity contribution < 1.29 is 4.79 Å². The van der Waals surface area contributed by atoms with Crippen LogP contribution in [-0.4, -0.2) is 18.5 Å². The third-order valence-corrected chi connectivity index (χ3v) is 4.86. The van der Waals surface area contributed by atoms with Crippen molar-refractivity contribution in [1.82, 2.24) is 5.32 Å². The van der Waals surface area contributed by atoms with E-state index in [4.69, 9.17) is 5.73 Å². The summed E-state index contributed by atoms with van der Waals surface area (Å²) in [5, 5.41) is 3.13. The molecule has 2 rings (SSSR count). The standard InChI is InChI=1S/C16H22N2OS/c1-12(13-6-3-2-4-7-13)18-16(19)15-10-9-14(20-15)8-5-11-17/h9-10,12-13H,2-4,6-7,11,17H2,1H3,(H,18,19). The molecule has 1 atom stereocenters. The van der Waals surface area contributed by atoms with Crippen LogP contribution in [0.1, 0.15) is 53.6 Å². The molecule has 3 nitrogen and oxygen atoms in total. The fourth-order valence-corrected chi connectivity index (χ4v) is 3.48. The average molecular weight is 290 g/mol. The molecule has 108 valence electrons. The summed E-state index contributed by atoms with van der Waals surface area (Å²) in [5.74, 6) is 6.42. The van der Waals surface area contributed by atoms with Crippen molar-refractivity contribution in [1.29, 1.82) is 0 Å². The summed E-state index contributed by atoms with van der Waals surface area (Å²) in [6.07, 6.45) is 6.40. The molecule has 1 aromatic rings. The van der Waals surface area contributed by atoms with E-state index in [-0.39, 0.29) is 11.9 Å². The summed E-state index contributed by atoms with van der Waals surface area (Å²) >= 11 is 1.43. The molecule has 1 fully saturated rings. The Morgan fingerprint density at radius 3 is 2.90 bits per heavy atom. The Bertz CT molecular complexity index is 506. The maximum absolute atomic E-state index is 12.2. The number of carbonyl (C=O) groups excluding carboxylic acids is 1. The maximum atomic E-state index is 12.2. The van der Waals surface area contributed by atoms with Crippen LogP contribution in [0.4, 0.5) is 0 Å². The normalized spacial score (nSPS) is 17.1. The van der Waals surface area contributed by atoms with Crippen LogP contribution in [0.3, 0.4) is 0 Å². The van der Waals surface area contributed by atoms with Gasteiger partial charge in [0.1, 0.15) is 0 Å². The van der Waals surface area contributed by atoms with Crippen molar-refractivity contribution in [3.05, 3.63) is 21.9 Å². The Balaban J connectivity index is 1.92. The quantitative estimate of drug-likeness (QED) is 0.841. The highest BCUT2D eigenvalue weighted by molar-refractivity contribution is 7.14. The molecule has 0 bridgehead atoms. The Morgan fingerprint density at radius 1 is 1.45 bits per heavy atom. The second kappa shape index (κ2) is 7.47. The van der Waals surface area contributed by atoms with Crippen molar-refractivity contribution in [2.24, 2.45) is 11.7 Å². The van der Waals surface area contributed by atoms with Crippen LogP contribution in [0.2, 0.25) is 0 Å². The van der Waals surface area contributed by atoms with Crippen LogP contribution in [0.25, 0.3) is 0 Å². The molecular weight excluding hydrogens is 268 g/mol. The van der Waals surface area contributed by atoms with Crippen LogP contribution in [0.15, 0.2) is 12.1 Å². The first-order chi connectivity index (χ1) is 9.70. The van der Waals surface area contributed by atoms with E-state index in [1.807, 2.05) is 12.1 Å². The fourth-order valence-electron chi connectivity index (χ4n) is 2.70. The predicted molar refractivity (Wildman–Crippen MR) is 83.8 cm³/mol. The van der Waals surface area contributed by atoms with Gasteiger partial charge in [0.2, 0.25) is 0 Å². The molecule has 0 saturated heterocycles. The van der Waals surface area contributed by atoms with Gasteiger partial charge in [0.05, 0.1) is 16.3 Å². The van der Waals surface area contributed by atoms with Crippen LogP contribution >= 0.6 is 11.3 Å². The zero-order valence-electron chi connectivity index (χ0n) is 11.9. The lowest BCUT2D eigenvalue weighted by Gasteiger charge is -2.28. The number of hydrogen-bond donors (Lipinski definition) is 2. The monoisotopic (exact) mass is 290 g/mol. The summed E-state index contributed by atoms with van der Waals surface area (Å²) in [4.78, 5) is 13.8. The van der Waals surface area contributed by atoms with E-state index in [9.17, 15) is 4.79 Å². The van der Waals surface area contributed by atoms with Crippen LogP contribution in [0.5, 0.6) is 0 Å². The molecule has 1 aliphatic rings. The van der Waals surface area contributed by atoms with Crippen molar-refractivity contribution in [3.63, 3.8) is 0 Å². The number of nitrogens with two attached hydrogens (primary N) is 1. The lowest BCUT2D eigenvalue weighted by atomic mass is 9.84. The van der Waals surface area contributed by atoms with Crippen molar-refractivity contribution in [2.45, 2.75) is 45.1 Å². The number of thiophene rings is 1. The molecule has 1 heterocycles. The van der Waals surface area contributed by atoms with E-state index >= 15 is 0 Å². The number of rotatable bonds is 3. The van der Waals surface area contributed by atoms with Crippen molar-refractivity contribution in [2.75, 3.05) is 6.54 Å². The van der Waals surface area contributed by atoms with Gasteiger partial charge in [0.25, 0.3) is 5.91 Å². The molecule has 1 saturated carbocycles. The van der Waals surface area contributed by atoms with Gasteiger partial charge < -0.3 is 11.1 Å². The van der Waals surface area contributed by atoms with Crippen molar-refractivity contribution in [3.8, 4) is 11.8 Å². The predicted octanol–water partition coefficient (Wildman–Crippen LogP) is 2.76. The van der Waals surface area contributed by atoms with Gasteiger partial charge in [0, 0.05) is 6.04 Å². The third-order valence-electron chi connectivity index (χ3n) is 3.86. The molecule has 1 amide bonds. The van der Waals surface area contributed by atoms with Gasteiger partial charge in [-0.05, 0) is 37.8 Å². The molecule has 3 N–H and O–H groups in total. The third kappa shape index (κ3) is 4.09. The lowest BCUT2D eigenvalue weighted by molar-refractivity contribution is 0.0923. The molecule has 0 spiro atoms. The largest absolute Gasteiger partial charge is 0.349 e. The molecule has 0 radical (unpaired) electrons. The van der Waals surface area contributed by atoms with E-state index < -0.39 is 0 Å². The Labute approximate surface area is 124 Å². The molecule has 1 aromatic heterocycles. The van der Waals surface area contributed by atoms with E-state index in [1.165, 1.54) is 43.4 Å². The average Bonchev–Trinajstić information content (AvgIpc) is 2.95. The minimum absolute atomic E-state index is 0.0221. The summed E-state index contributed by atoms with van der Waals surface area (Å²) in [6.45, 7) is 2.47. The van der Waals surface area contributed by atoms with E-state index in [0.717, 1.165) is 9.75 Å². The highest BCUT2D eigenvalue weighted by atomic mass is 32.1. The summed E-state index contributed by atoms with van der Waals surface area (Å²) in [5.41, 5.74) is 5.34. The Hall–Kier alpha value is -1.31. The number of amides is 1. The van der Waals surface area contributed by atoms with Crippen molar-refractivity contribution >= 4 is 17.2 Å². The second-order valence-corrected chi connectivity index (χ2v) is 6.41. The molecule has 1 unspecified atom stereocenters. The SMILES string of the molecule is CC(NC(=O)c1ccc(C#CCN)s1)C1CCCCC1. The maximum Gasteiger partial charge on any atom is 0.261 e. The van der Waals surface area contributed by atoms with Gasteiger partial charge in [-0.3, -0.25) is 4.79 Å². The summed E-state index contributed by atoms with van der Waals surface area (Å²) in [7, 11) is 0. The highest BCUT2D eigenvalue weighted by Crippen LogP contribution is 2.26. The zero-order valence-corrected chi connectivity index (χ0v) is 12.8. The van der Waals surface area contributed by atoms with E-state index in [1.54, 1.807) is 0 Å². The topological polar surface area (TPSA) is 55.1 Å². The number of carbonyl (C=O) groups is 1. The number of hydrogen-bond acceptors (Lipinski definition) is 3. The first-order valence-corrected chi connectivity index (χ1v) is 8.12. The van der Waals surface area contributed by atoms with Crippen LogP contribution in [0, 0.1) is 17.8 Å².